The normalized spacial score (nSPS) is 14.6. The smallest absolute Gasteiger partial charge is 0.338 e. The maximum Gasteiger partial charge on any atom is 0.338 e. The van der Waals surface area contributed by atoms with Gasteiger partial charge in [-0.05, 0) is 43.0 Å². The number of hydrogen-bond donors (Lipinski definition) is 1. The van der Waals surface area contributed by atoms with Crippen molar-refractivity contribution in [3.63, 3.8) is 0 Å². The van der Waals surface area contributed by atoms with E-state index in [4.69, 9.17) is 10.5 Å². The maximum absolute atomic E-state index is 11.7. The predicted octanol–water partition coefficient (Wildman–Crippen LogP) is 2.14. The van der Waals surface area contributed by atoms with Crippen molar-refractivity contribution in [2.45, 2.75) is 25.7 Å². The molecule has 1 aliphatic rings. The summed E-state index contributed by atoms with van der Waals surface area (Å²) in [5.74, 6) is 0.583. The van der Waals surface area contributed by atoms with Crippen LogP contribution in [0.15, 0.2) is 24.3 Å². The molecule has 0 bridgehead atoms. The third-order valence-corrected chi connectivity index (χ3v) is 3.08. The summed E-state index contributed by atoms with van der Waals surface area (Å²) in [5.41, 5.74) is 7.25. The zero-order valence-corrected chi connectivity index (χ0v) is 10.0. The second kappa shape index (κ2) is 5.82. The van der Waals surface area contributed by atoms with E-state index >= 15 is 0 Å². The number of benzene rings is 1. The highest BCUT2D eigenvalue weighted by molar-refractivity contribution is 5.89. The molecule has 0 aromatic heterocycles. The molecular weight excluding hydrogens is 214 g/mol. The highest BCUT2D eigenvalue weighted by atomic mass is 16.5. The van der Waals surface area contributed by atoms with E-state index in [0.717, 1.165) is 24.3 Å². The first-order valence-corrected chi connectivity index (χ1v) is 6.25. The first kappa shape index (κ1) is 12.1. The van der Waals surface area contributed by atoms with Crippen LogP contribution in [0, 0.1) is 5.92 Å². The number of carbonyl (C=O) groups is 1. The minimum Gasteiger partial charge on any atom is -0.462 e. The van der Waals surface area contributed by atoms with Gasteiger partial charge < -0.3 is 10.5 Å². The van der Waals surface area contributed by atoms with Crippen LogP contribution in [-0.4, -0.2) is 19.1 Å². The lowest BCUT2D eigenvalue weighted by molar-refractivity contribution is 0.0495. The molecule has 1 aromatic rings. The summed E-state index contributed by atoms with van der Waals surface area (Å²) in [5, 5.41) is 0. The molecule has 0 unspecified atom stereocenters. The van der Waals surface area contributed by atoms with Gasteiger partial charge >= 0.3 is 5.97 Å². The Morgan fingerprint density at radius 1 is 1.29 bits per heavy atom. The van der Waals surface area contributed by atoms with E-state index in [1.807, 2.05) is 24.3 Å². The Hall–Kier alpha value is -1.35. The molecule has 0 amide bonds. The highest BCUT2D eigenvalue weighted by Crippen LogP contribution is 2.32. The molecule has 1 aromatic carbocycles. The minimum atomic E-state index is -0.218. The Balaban J connectivity index is 1.80. The van der Waals surface area contributed by atoms with Gasteiger partial charge in [0.15, 0.2) is 0 Å². The highest BCUT2D eigenvalue weighted by Gasteiger charge is 2.21. The van der Waals surface area contributed by atoms with Crippen LogP contribution in [0.2, 0.25) is 0 Å². The van der Waals surface area contributed by atoms with Crippen LogP contribution >= 0.6 is 0 Å². The molecule has 0 saturated heterocycles. The van der Waals surface area contributed by atoms with Gasteiger partial charge in [-0.2, -0.15) is 0 Å². The standard InChI is InChI=1S/C14H19NO2/c15-9-7-11-3-5-13(6-4-11)14(16)17-10-8-12-1-2-12/h3-6,12H,1-2,7-10,15H2. The van der Waals surface area contributed by atoms with Crippen molar-refractivity contribution in [3.8, 4) is 0 Å². The van der Waals surface area contributed by atoms with E-state index in [1.165, 1.54) is 12.8 Å². The van der Waals surface area contributed by atoms with Gasteiger partial charge in [0.05, 0.1) is 12.2 Å². The van der Waals surface area contributed by atoms with Crippen LogP contribution in [-0.2, 0) is 11.2 Å². The van der Waals surface area contributed by atoms with Gasteiger partial charge in [-0.3, -0.25) is 0 Å². The van der Waals surface area contributed by atoms with Gasteiger partial charge in [-0.15, -0.1) is 0 Å². The summed E-state index contributed by atoms with van der Waals surface area (Å²) in [7, 11) is 0. The summed E-state index contributed by atoms with van der Waals surface area (Å²) in [6.07, 6.45) is 4.45. The number of carbonyl (C=O) groups excluding carboxylic acids is 1. The van der Waals surface area contributed by atoms with E-state index in [9.17, 15) is 4.79 Å². The third kappa shape index (κ3) is 3.86. The molecule has 1 aliphatic carbocycles. The van der Waals surface area contributed by atoms with Crippen LogP contribution in [0.5, 0.6) is 0 Å². The van der Waals surface area contributed by atoms with Crippen LogP contribution in [0.1, 0.15) is 35.2 Å². The summed E-state index contributed by atoms with van der Waals surface area (Å²) in [6, 6.07) is 7.49. The number of rotatable bonds is 6. The summed E-state index contributed by atoms with van der Waals surface area (Å²) < 4.78 is 5.22. The molecule has 3 heteroatoms. The van der Waals surface area contributed by atoms with E-state index in [0.29, 0.717) is 18.7 Å². The Kier molecular flexibility index (Phi) is 4.15. The Labute approximate surface area is 102 Å². The SMILES string of the molecule is NCCc1ccc(C(=O)OCCC2CC2)cc1. The Morgan fingerprint density at radius 2 is 2.00 bits per heavy atom. The second-order valence-corrected chi connectivity index (χ2v) is 4.60. The van der Waals surface area contributed by atoms with E-state index in [-0.39, 0.29) is 5.97 Å². The zero-order chi connectivity index (χ0) is 12.1. The molecule has 0 atom stereocenters. The van der Waals surface area contributed by atoms with Crippen molar-refractivity contribution in [3.05, 3.63) is 35.4 Å². The quantitative estimate of drug-likeness (QED) is 0.766. The molecule has 2 rings (SSSR count). The van der Waals surface area contributed by atoms with Crippen LogP contribution in [0.25, 0.3) is 0 Å². The molecule has 0 aliphatic heterocycles. The average Bonchev–Trinajstić information content (AvgIpc) is 3.14. The van der Waals surface area contributed by atoms with E-state index < -0.39 is 0 Å². The third-order valence-electron chi connectivity index (χ3n) is 3.08. The second-order valence-electron chi connectivity index (χ2n) is 4.60. The summed E-state index contributed by atoms with van der Waals surface area (Å²) in [6.45, 7) is 1.18. The molecule has 0 heterocycles. The predicted molar refractivity (Wildman–Crippen MR) is 66.8 cm³/mol. The van der Waals surface area contributed by atoms with Gasteiger partial charge in [0.2, 0.25) is 0 Å². The van der Waals surface area contributed by atoms with Crippen molar-refractivity contribution < 1.29 is 9.53 Å². The monoisotopic (exact) mass is 233 g/mol. The van der Waals surface area contributed by atoms with E-state index in [1.54, 1.807) is 0 Å². The van der Waals surface area contributed by atoms with Crippen molar-refractivity contribution in [2.24, 2.45) is 11.7 Å². The lowest BCUT2D eigenvalue weighted by atomic mass is 10.1. The zero-order valence-electron chi connectivity index (χ0n) is 10.0. The molecule has 1 saturated carbocycles. The number of ether oxygens (including phenoxy) is 1. The fraction of sp³-hybridized carbons (Fsp3) is 0.500. The topological polar surface area (TPSA) is 52.3 Å². The lowest BCUT2D eigenvalue weighted by Gasteiger charge is -2.05. The molecule has 1 fully saturated rings. The molecule has 17 heavy (non-hydrogen) atoms. The summed E-state index contributed by atoms with van der Waals surface area (Å²) in [4.78, 5) is 11.7. The Bertz CT molecular complexity index is 368. The van der Waals surface area contributed by atoms with Gasteiger partial charge in [0.1, 0.15) is 0 Å². The molecular formula is C14H19NO2. The first-order chi connectivity index (χ1) is 8.29. The number of hydrogen-bond acceptors (Lipinski definition) is 3. The van der Waals surface area contributed by atoms with Crippen molar-refractivity contribution in [1.29, 1.82) is 0 Å². The molecule has 92 valence electrons. The largest absolute Gasteiger partial charge is 0.462 e. The fourth-order valence-electron chi connectivity index (χ4n) is 1.78. The number of nitrogens with two attached hydrogens (primary N) is 1. The maximum atomic E-state index is 11.7. The van der Waals surface area contributed by atoms with Gasteiger partial charge in [0.25, 0.3) is 0 Å². The molecule has 2 N–H and O–H groups in total. The van der Waals surface area contributed by atoms with Crippen molar-refractivity contribution in [1.82, 2.24) is 0 Å². The van der Waals surface area contributed by atoms with Gasteiger partial charge in [-0.25, -0.2) is 4.79 Å². The molecule has 0 spiro atoms. The minimum absolute atomic E-state index is 0.218. The van der Waals surface area contributed by atoms with Crippen LogP contribution < -0.4 is 5.73 Å². The molecule has 3 nitrogen and oxygen atoms in total. The van der Waals surface area contributed by atoms with E-state index in [2.05, 4.69) is 0 Å². The van der Waals surface area contributed by atoms with Crippen molar-refractivity contribution in [2.75, 3.05) is 13.2 Å². The average molecular weight is 233 g/mol. The van der Waals surface area contributed by atoms with Crippen molar-refractivity contribution >= 4 is 5.97 Å². The Morgan fingerprint density at radius 3 is 2.59 bits per heavy atom. The number of esters is 1. The van der Waals surface area contributed by atoms with Crippen LogP contribution in [0.4, 0.5) is 0 Å². The van der Waals surface area contributed by atoms with Gasteiger partial charge in [-0.1, -0.05) is 25.0 Å². The summed E-state index contributed by atoms with van der Waals surface area (Å²) >= 11 is 0. The molecule has 0 radical (unpaired) electrons. The fourth-order valence-corrected chi connectivity index (χ4v) is 1.78. The lowest BCUT2D eigenvalue weighted by Crippen LogP contribution is -2.07. The first-order valence-electron chi connectivity index (χ1n) is 6.25. The van der Waals surface area contributed by atoms with Gasteiger partial charge in [0, 0.05) is 0 Å². The van der Waals surface area contributed by atoms with Crippen LogP contribution in [0.3, 0.4) is 0 Å².